The first-order valence-corrected chi connectivity index (χ1v) is 6.69. The monoisotopic (exact) mass is 223 g/mol. The van der Waals surface area contributed by atoms with E-state index in [2.05, 4.69) is 52.1 Å². The summed E-state index contributed by atoms with van der Waals surface area (Å²) in [6, 6.07) is 0. The molecule has 1 heteroatoms. The Bertz CT molecular complexity index is 232. The number of hydrogen-bond donors (Lipinski definition) is 1. The lowest BCUT2D eigenvalue weighted by atomic mass is 9.81. The normalized spacial score (nSPS) is 22.4. The molecule has 0 amide bonds. The zero-order valence-electron chi connectivity index (χ0n) is 11.8. The Morgan fingerprint density at radius 1 is 1.12 bits per heavy atom. The van der Waals surface area contributed by atoms with Crippen molar-refractivity contribution in [1.82, 2.24) is 5.32 Å². The summed E-state index contributed by atoms with van der Waals surface area (Å²) in [4.78, 5) is 0. The Balaban J connectivity index is 2.32. The fraction of sp³-hybridized carbons (Fsp3) is 0.867. The number of nitrogens with one attached hydrogen (secondary N) is 1. The summed E-state index contributed by atoms with van der Waals surface area (Å²) >= 11 is 0. The molecule has 0 aromatic rings. The fourth-order valence-corrected chi connectivity index (χ4v) is 2.85. The maximum atomic E-state index is 3.75. The van der Waals surface area contributed by atoms with Crippen LogP contribution < -0.4 is 5.32 Å². The third-order valence-corrected chi connectivity index (χ3v) is 3.22. The lowest BCUT2D eigenvalue weighted by Crippen LogP contribution is -2.44. The standard InChI is InChI=1S/C15H29N/c1-14(2,3)12-15(4,5)16-11-13-9-7-6-8-10-13/h6-7,13,16H,8-12H2,1-5H3. The minimum Gasteiger partial charge on any atom is -0.311 e. The van der Waals surface area contributed by atoms with Crippen molar-refractivity contribution in [2.24, 2.45) is 11.3 Å². The van der Waals surface area contributed by atoms with Crippen LogP contribution in [0.2, 0.25) is 0 Å². The molecule has 1 N–H and O–H groups in total. The molecule has 0 bridgehead atoms. The number of allylic oxidation sites excluding steroid dienone is 2. The van der Waals surface area contributed by atoms with Gasteiger partial charge in [-0.25, -0.2) is 0 Å². The Hall–Kier alpha value is -0.300. The summed E-state index contributed by atoms with van der Waals surface area (Å²) < 4.78 is 0. The van der Waals surface area contributed by atoms with Gasteiger partial charge >= 0.3 is 0 Å². The minimum absolute atomic E-state index is 0.263. The van der Waals surface area contributed by atoms with Gasteiger partial charge < -0.3 is 5.32 Å². The second-order valence-electron chi connectivity index (χ2n) is 7.15. The van der Waals surface area contributed by atoms with Gasteiger partial charge in [-0.2, -0.15) is 0 Å². The predicted molar refractivity (Wildman–Crippen MR) is 72.6 cm³/mol. The van der Waals surface area contributed by atoms with Crippen LogP contribution in [0, 0.1) is 11.3 Å². The van der Waals surface area contributed by atoms with E-state index < -0.39 is 0 Å². The van der Waals surface area contributed by atoms with Gasteiger partial charge in [0, 0.05) is 5.54 Å². The van der Waals surface area contributed by atoms with Gasteiger partial charge in [-0.05, 0) is 57.4 Å². The molecule has 1 aliphatic rings. The largest absolute Gasteiger partial charge is 0.311 e. The van der Waals surface area contributed by atoms with Gasteiger partial charge in [-0.3, -0.25) is 0 Å². The van der Waals surface area contributed by atoms with Gasteiger partial charge in [-0.15, -0.1) is 0 Å². The molecule has 16 heavy (non-hydrogen) atoms. The van der Waals surface area contributed by atoms with Crippen molar-refractivity contribution in [3.63, 3.8) is 0 Å². The van der Waals surface area contributed by atoms with Gasteiger partial charge in [-0.1, -0.05) is 32.9 Å². The highest BCUT2D eigenvalue weighted by Crippen LogP contribution is 2.27. The third kappa shape index (κ3) is 5.69. The lowest BCUT2D eigenvalue weighted by Gasteiger charge is -2.35. The van der Waals surface area contributed by atoms with Crippen LogP contribution in [0.5, 0.6) is 0 Å². The van der Waals surface area contributed by atoms with Gasteiger partial charge in [0.2, 0.25) is 0 Å². The van der Waals surface area contributed by atoms with Crippen LogP contribution in [0.1, 0.15) is 60.3 Å². The molecule has 1 aliphatic carbocycles. The molecular weight excluding hydrogens is 194 g/mol. The second kappa shape index (κ2) is 5.35. The summed E-state index contributed by atoms with van der Waals surface area (Å²) in [5.74, 6) is 0.851. The van der Waals surface area contributed by atoms with Crippen molar-refractivity contribution >= 4 is 0 Å². The number of rotatable bonds is 4. The van der Waals surface area contributed by atoms with E-state index in [4.69, 9.17) is 0 Å². The first-order chi connectivity index (χ1) is 7.29. The van der Waals surface area contributed by atoms with E-state index in [0.717, 1.165) is 5.92 Å². The Morgan fingerprint density at radius 2 is 1.81 bits per heavy atom. The molecular formula is C15H29N. The van der Waals surface area contributed by atoms with E-state index in [1.54, 1.807) is 0 Å². The summed E-state index contributed by atoms with van der Waals surface area (Å²) in [5.41, 5.74) is 0.669. The molecule has 0 heterocycles. The van der Waals surface area contributed by atoms with Crippen molar-refractivity contribution in [2.75, 3.05) is 6.54 Å². The molecule has 1 nitrogen and oxygen atoms in total. The van der Waals surface area contributed by atoms with Crippen molar-refractivity contribution in [3.05, 3.63) is 12.2 Å². The highest BCUT2D eigenvalue weighted by Gasteiger charge is 2.25. The Morgan fingerprint density at radius 3 is 2.31 bits per heavy atom. The Labute approximate surface area is 102 Å². The molecule has 0 aliphatic heterocycles. The maximum absolute atomic E-state index is 3.75. The molecule has 0 spiro atoms. The molecule has 1 unspecified atom stereocenters. The second-order valence-corrected chi connectivity index (χ2v) is 7.15. The molecule has 0 aromatic carbocycles. The third-order valence-electron chi connectivity index (χ3n) is 3.22. The number of hydrogen-bond acceptors (Lipinski definition) is 1. The zero-order chi connectivity index (χ0) is 12.2. The molecule has 0 saturated heterocycles. The molecule has 0 saturated carbocycles. The lowest BCUT2D eigenvalue weighted by molar-refractivity contribution is 0.229. The SMILES string of the molecule is CC(C)(C)CC(C)(C)NCC1CC=CCC1. The fourth-order valence-electron chi connectivity index (χ4n) is 2.85. The first kappa shape index (κ1) is 13.8. The molecule has 94 valence electrons. The quantitative estimate of drug-likeness (QED) is 0.706. The van der Waals surface area contributed by atoms with E-state index in [-0.39, 0.29) is 5.54 Å². The van der Waals surface area contributed by atoms with E-state index in [0.29, 0.717) is 5.41 Å². The van der Waals surface area contributed by atoms with Crippen molar-refractivity contribution in [2.45, 2.75) is 65.8 Å². The van der Waals surface area contributed by atoms with Crippen molar-refractivity contribution in [1.29, 1.82) is 0 Å². The van der Waals surface area contributed by atoms with Gasteiger partial charge in [0.15, 0.2) is 0 Å². The van der Waals surface area contributed by atoms with Crippen molar-refractivity contribution < 1.29 is 0 Å². The van der Waals surface area contributed by atoms with E-state index in [9.17, 15) is 0 Å². The van der Waals surface area contributed by atoms with Crippen LogP contribution in [0.25, 0.3) is 0 Å². The zero-order valence-corrected chi connectivity index (χ0v) is 11.8. The highest BCUT2D eigenvalue weighted by molar-refractivity contribution is 4.92. The van der Waals surface area contributed by atoms with E-state index in [1.165, 1.54) is 32.2 Å². The van der Waals surface area contributed by atoms with E-state index >= 15 is 0 Å². The topological polar surface area (TPSA) is 12.0 Å². The molecule has 1 rings (SSSR count). The van der Waals surface area contributed by atoms with Crippen LogP contribution in [0.15, 0.2) is 12.2 Å². The van der Waals surface area contributed by atoms with Crippen molar-refractivity contribution in [3.8, 4) is 0 Å². The average molecular weight is 223 g/mol. The summed E-state index contributed by atoms with van der Waals surface area (Å²) in [5, 5.41) is 3.75. The summed E-state index contributed by atoms with van der Waals surface area (Å²) in [6.45, 7) is 12.8. The summed E-state index contributed by atoms with van der Waals surface area (Å²) in [6.07, 6.45) is 9.77. The van der Waals surface area contributed by atoms with E-state index in [1.807, 2.05) is 0 Å². The molecule has 1 atom stereocenters. The molecule has 0 radical (unpaired) electrons. The van der Waals surface area contributed by atoms with Gasteiger partial charge in [0.25, 0.3) is 0 Å². The van der Waals surface area contributed by atoms with Gasteiger partial charge in [0.1, 0.15) is 0 Å². The maximum Gasteiger partial charge on any atom is 0.0130 e. The smallest absolute Gasteiger partial charge is 0.0130 e. The molecule has 0 aromatic heterocycles. The Kier molecular flexibility index (Phi) is 4.61. The van der Waals surface area contributed by atoms with Crippen LogP contribution in [-0.2, 0) is 0 Å². The van der Waals surface area contributed by atoms with Crippen LogP contribution in [0.3, 0.4) is 0 Å². The highest BCUT2D eigenvalue weighted by atomic mass is 15.0. The molecule has 0 fully saturated rings. The predicted octanol–water partition coefficient (Wildman–Crippen LogP) is 4.15. The van der Waals surface area contributed by atoms with Crippen LogP contribution in [0.4, 0.5) is 0 Å². The average Bonchev–Trinajstić information content (AvgIpc) is 2.13. The van der Waals surface area contributed by atoms with Gasteiger partial charge in [0.05, 0.1) is 0 Å². The van der Waals surface area contributed by atoms with Crippen LogP contribution >= 0.6 is 0 Å². The van der Waals surface area contributed by atoms with Crippen LogP contribution in [-0.4, -0.2) is 12.1 Å². The first-order valence-electron chi connectivity index (χ1n) is 6.69. The minimum atomic E-state index is 0.263. The summed E-state index contributed by atoms with van der Waals surface area (Å²) in [7, 11) is 0.